The van der Waals surface area contributed by atoms with E-state index in [-0.39, 0.29) is 17.7 Å². The third kappa shape index (κ3) is 3.30. The van der Waals surface area contributed by atoms with Crippen molar-refractivity contribution >= 4 is 17.0 Å². The summed E-state index contributed by atoms with van der Waals surface area (Å²) in [7, 11) is 0. The number of aromatic nitrogens is 1. The summed E-state index contributed by atoms with van der Waals surface area (Å²) in [5.41, 5.74) is 1.46. The summed E-state index contributed by atoms with van der Waals surface area (Å²) < 4.78 is 12.9. The molecular formula is C20H25N3O4. The van der Waals surface area contributed by atoms with Crippen LogP contribution in [0.3, 0.4) is 0 Å². The van der Waals surface area contributed by atoms with Crippen LogP contribution in [0.1, 0.15) is 12.8 Å². The quantitative estimate of drug-likeness (QED) is 0.807. The maximum Gasteiger partial charge on any atom is 0.419 e. The zero-order valence-corrected chi connectivity index (χ0v) is 15.4. The number of hydrogen-bond donors (Lipinski definition) is 0. The van der Waals surface area contributed by atoms with Crippen LogP contribution in [0, 0.1) is 11.8 Å². The molecule has 1 aromatic heterocycles. The number of benzene rings is 1. The summed E-state index contributed by atoms with van der Waals surface area (Å²) in [5.74, 6) is 0.605. The SMILES string of the molecule is O=C(C1CC1)N1C[C@@H]2COC[C@H](C1)N(CCn1c(=O)oc3ccccc31)C2. The van der Waals surface area contributed by atoms with Gasteiger partial charge < -0.3 is 14.1 Å². The van der Waals surface area contributed by atoms with Gasteiger partial charge in [0.25, 0.3) is 0 Å². The predicted molar refractivity (Wildman–Crippen MR) is 99.4 cm³/mol. The van der Waals surface area contributed by atoms with Crippen LogP contribution in [-0.4, -0.2) is 65.7 Å². The third-order valence-corrected chi connectivity index (χ3v) is 6.01. The van der Waals surface area contributed by atoms with Gasteiger partial charge in [-0.2, -0.15) is 0 Å². The number of carbonyl (C=O) groups excluding carboxylic acids is 1. The van der Waals surface area contributed by atoms with E-state index in [2.05, 4.69) is 9.80 Å². The van der Waals surface area contributed by atoms with Crippen molar-refractivity contribution in [3.05, 3.63) is 34.8 Å². The van der Waals surface area contributed by atoms with Crippen molar-refractivity contribution < 1.29 is 13.9 Å². The Bertz CT molecular complexity index is 900. The van der Waals surface area contributed by atoms with E-state index < -0.39 is 0 Å². The Morgan fingerprint density at radius 3 is 2.78 bits per heavy atom. The van der Waals surface area contributed by atoms with E-state index in [0.29, 0.717) is 37.2 Å². The van der Waals surface area contributed by atoms with Crippen molar-refractivity contribution in [2.45, 2.75) is 25.4 Å². The molecular weight excluding hydrogens is 346 g/mol. The normalized spacial score (nSPS) is 26.3. The van der Waals surface area contributed by atoms with E-state index in [0.717, 1.165) is 44.5 Å². The smallest absolute Gasteiger partial charge is 0.408 e. The molecule has 0 N–H and O–H groups in total. The van der Waals surface area contributed by atoms with E-state index in [1.807, 2.05) is 24.3 Å². The molecule has 2 aromatic rings. The average molecular weight is 371 g/mol. The second-order valence-corrected chi connectivity index (χ2v) is 8.06. The molecule has 2 atom stereocenters. The fourth-order valence-electron chi connectivity index (χ4n) is 4.43. The van der Waals surface area contributed by atoms with E-state index in [1.54, 1.807) is 4.57 Å². The number of carbonyl (C=O) groups is 1. The van der Waals surface area contributed by atoms with Crippen LogP contribution >= 0.6 is 0 Å². The van der Waals surface area contributed by atoms with Crippen LogP contribution in [0.15, 0.2) is 33.5 Å². The lowest BCUT2D eigenvalue weighted by Gasteiger charge is -2.31. The Kier molecular flexibility index (Phi) is 4.28. The minimum Gasteiger partial charge on any atom is -0.408 e. The summed E-state index contributed by atoms with van der Waals surface area (Å²) in [6.45, 7) is 5.10. The molecule has 2 aliphatic heterocycles. The zero-order chi connectivity index (χ0) is 18.4. The number of ether oxygens (including phenoxy) is 1. The molecule has 7 heteroatoms. The predicted octanol–water partition coefficient (Wildman–Crippen LogP) is 1.16. The van der Waals surface area contributed by atoms with Crippen molar-refractivity contribution in [1.82, 2.24) is 14.4 Å². The Balaban J connectivity index is 1.33. The Morgan fingerprint density at radius 1 is 1.07 bits per heavy atom. The summed E-state index contributed by atoms with van der Waals surface area (Å²) in [6.07, 6.45) is 2.09. The van der Waals surface area contributed by atoms with Gasteiger partial charge in [0.15, 0.2) is 5.58 Å². The highest BCUT2D eigenvalue weighted by Gasteiger charge is 2.39. The van der Waals surface area contributed by atoms with Crippen LogP contribution in [0.2, 0.25) is 0 Å². The first kappa shape index (κ1) is 17.0. The molecule has 7 nitrogen and oxygen atoms in total. The highest BCUT2D eigenvalue weighted by Crippen LogP contribution is 2.32. The fourth-order valence-corrected chi connectivity index (χ4v) is 4.43. The second kappa shape index (κ2) is 6.80. The largest absolute Gasteiger partial charge is 0.419 e. The number of amides is 1. The number of oxazole rings is 1. The van der Waals surface area contributed by atoms with Crippen molar-refractivity contribution in [3.8, 4) is 0 Å². The molecule has 2 saturated heterocycles. The molecule has 1 saturated carbocycles. The summed E-state index contributed by atoms with van der Waals surface area (Å²) in [4.78, 5) is 29.3. The summed E-state index contributed by atoms with van der Waals surface area (Å²) in [5, 5.41) is 0. The lowest BCUT2D eigenvalue weighted by molar-refractivity contribution is -0.134. The lowest BCUT2D eigenvalue weighted by Crippen LogP contribution is -2.47. The fraction of sp³-hybridized carbons (Fsp3) is 0.600. The maximum atomic E-state index is 12.6. The minimum atomic E-state index is -0.309. The van der Waals surface area contributed by atoms with Crippen LogP contribution in [-0.2, 0) is 16.1 Å². The molecule has 0 unspecified atom stereocenters. The average Bonchev–Trinajstić information content (AvgIpc) is 3.46. The zero-order valence-electron chi connectivity index (χ0n) is 15.4. The van der Waals surface area contributed by atoms with E-state index >= 15 is 0 Å². The van der Waals surface area contributed by atoms with Gasteiger partial charge in [0.05, 0.1) is 24.8 Å². The Labute approximate surface area is 157 Å². The molecule has 0 spiro atoms. The second-order valence-electron chi connectivity index (χ2n) is 8.06. The third-order valence-electron chi connectivity index (χ3n) is 6.01. The van der Waals surface area contributed by atoms with Crippen molar-refractivity contribution in [3.63, 3.8) is 0 Å². The first-order valence-electron chi connectivity index (χ1n) is 9.88. The van der Waals surface area contributed by atoms with Crippen LogP contribution in [0.25, 0.3) is 11.1 Å². The standard InChI is InChI=1S/C20H25N3O4/c24-19(15-5-6-15)22-10-14-9-21(16(11-22)13-26-12-14)7-8-23-17-3-1-2-4-18(17)27-20(23)25/h1-4,14-16H,5-13H2/t14-,16+/m1/s1. The molecule has 1 amide bonds. The van der Waals surface area contributed by atoms with E-state index in [9.17, 15) is 9.59 Å². The van der Waals surface area contributed by atoms with Crippen LogP contribution in [0.5, 0.6) is 0 Å². The first-order valence-corrected chi connectivity index (χ1v) is 9.88. The Hall–Kier alpha value is -2.12. The van der Waals surface area contributed by atoms with Crippen LogP contribution in [0.4, 0.5) is 0 Å². The molecule has 3 heterocycles. The number of nitrogens with zero attached hydrogens (tertiary/aromatic N) is 3. The monoisotopic (exact) mass is 371 g/mol. The number of fused-ring (bicyclic) bond motifs is 4. The number of hydrogen-bond acceptors (Lipinski definition) is 5. The van der Waals surface area contributed by atoms with Crippen molar-refractivity contribution in [2.75, 3.05) is 39.4 Å². The summed E-state index contributed by atoms with van der Waals surface area (Å²) in [6, 6.07) is 7.72. The van der Waals surface area contributed by atoms with Crippen LogP contribution < -0.4 is 5.76 Å². The molecule has 27 heavy (non-hydrogen) atoms. The highest BCUT2D eigenvalue weighted by molar-refractivity contribution is 5.81. The highest BCUT2D eigenvalue weighted by atomic mass is 16.5. The summed E-state index contributed by atoms with van der Waals surface area (Å²) >= 11 is 0. The van der Waals surface area contributed by atoms with Gasteiger partial charge in [0.1, 0.15) is 0 Å². The first-order chi connectivity index (χ1) is 13.2. The lowest BCUT2D eigenvalue weighted by atomic mass is 10.1. The van der Waals surface area contributed by atoms with Gasteiger partial charge in [-0.3, -0.25) is 14.3 Å². The van der Waals surface area contributed by atoms with Gasteiger partial charge in [0, 0.05) is 44.6 Å². The van der Waals surface area contributed by atoms with E-state index in [4.69, 9.17) is 9.15 Å². The molecule has 3 fully saturated rings. The molecule has 1 aliphatic carbocycles. The minimum absolute atomic E-state index is 0.189. The molecule has 3 aliphatic rings. The maximum absolute atomic E-state index is 12.6. The molecule has 1 aromatic carbocycles. The van der Waals surface area contributed by atoms with Gasteiger partial charge >= 0.3 is 5.76 Å². The van der Waals surface area contributed by atoms with Crippen molar-refractivity contribution in [2.24, 2.45) is 11.8 Å². The topological polar surface area (TPSA) is 67.9 Å². The molecule has 5 rings (SSSR count). The van der Waals surface area contributed by atoms with Gasteiger partial charge in [-0.25, -0.2) is 4.79 Å². The van der Waals surface area contributed by atoms with E-state index in [1.165, 1.54) is 0 Å². The van der Waals surface area contributed by atoms with Gasteiger partial charge in [-0.15, -0.1) is 0 Å². The molecule has 144 valence electrons. The number of para-hydroxylation sites is 2. The number of rotatable bonds is 4. The van der Waals surface area contributed by atoms with Gasteiger partial charge in [-0.05, 0) is 25.0 Å². The van der Waals surface area contributed by atoms with Gasteiger partial charge in [-0.1, -0.05) is 12.1 Å². The Morgan fingerprint density at radius 2 is 1.93 bits per heavy atom. The van der Waals surface area contributed by atoms with Crippen molar-refractivity contribution in [1.29, 1.82) is 0 Å². The molecule has 2 bridgehead atoms. The van der Waals surface area contributed by atoms with Gasteiger partial charge in [0.2, 0.25) is 5.91 Å². The molecule has 0 radical (unpaired) electrons.